The summed E-state index contributed by atoms with van der Waals surface area (Å²) in [6.07, 6.45) is 3.78. The van der Waals surface area contributed by atoms with Crippen LogP contribution in [0.1, 0.15) is 30.9 Å². The molecule has 4 nitrogen and oxygen atoms in total. The summed E-state index contributed by atoms with van der Waals surface area (Å²) in [6, 6.07) is 7.00. The number of ether oxygens (including phenoxy) is 1. The summed E-state index contributed by atoms with van der Waals surface area (Å²) in [6.45, 7) is 4.54. The Balaban J connectivity index is 2.10. The zero-order valence-electron chi connectivity index (χ0n) is 11.5. The van der Waals surface area contributed by atoms with Crippen LogP contribution in [0.4, 0.5) is 0 Å². The van der Waals surface area contributed by atoms with Crippen molar-refractivity contribution in [3.05, 3.63) is 47.5 Å². The molecule has 2 aromatic rings. The number of aryl methyl sites for hydroxylation is 1. The minimum absolute atomic E-state index is 0.136. The molecule has 1 heterocycles. The van der Waals surface area contributed by atoms with E-state index in [0.717, 1.165) is 13.0 Å². The molecule has 0 fully saturated rings. The maximum atomic E-state index is 12.3. The fraction of sp³-hybridized carbons (Fsp3) is 0.333. The molecule has 0 saturated heterocycles. The van der Waals surface area contributed by atoms with Crippen LogP contribution in [0.2, 0.25) is 5.02 Å². The number of carbonyl (C=O) groups is 1. The summed E-state index contributed by atoms with van der Waals surface area (Å²) >= 11 is 5.89. The standard InChI is InChI=1S/C15H17ClN2O2/c1-3-8-18-9-7-17-15(18)14(19)11(2)20-13-6-4-5-12(16)10-13/h4-7,9-11H,3,8H2,1-2H3. The van der Waals surface area contributed by atoms with Crippen molar-refractivity contribution in [2.24, 2.45) is 0 Å². The number of halogens is 1. The fourth-order valence-corrected chi connectivity index (χ4v) is 2.12. The highest BCUT2D eigenvalue weighted by atomic mass is 35.5. The number of rotatable bonds is 6. The van der Waals surface area contributed by atoms with Crippen LogP contribution in [-0.2, 0) is 6.54 Å². The van der Waals surface area contributed by atoms with Crippen molar-refractivity contribution in [3.63, 3.8) is 0 Å². The van der Waals surface area contributed by atoms with Gasteiger partial charge in [0.15, 0.2) is 11.9 Å². The number of hydrogen-bond acceptors (Lipinski definition) is 3. The molecule has 0 bridgehead atoms. The highest BCUT2D eigenvalue weighted by molar-refractivity contribution is 6.30. The maximum Gasteiger partial charge on any atom is 0.238 e. The Bertz CT molecular complexity index is 595. The van der Waals surface area contributed by atoms with Gasteiger partial charge in [0, 0.05) is 24.0 Å². The SMILES string of the molecule is CCCn1ccnc1C(=O)C(C)Oc1cccc(Cl)c1. The molecule has 0 aliphatic rings. The maximum absolute atomic E-state index is 12.3. The molecule has 106 valence electrons. The Hall–Kier alpha value is -1.81. The van der Waals surface area contributed by atoms with Gasteiger partial charge in [-0.05, 0) is 31.5 Å². The first kappa shape index (κ1) is 14.6. The van der Waals surface area contributed by atoms with Crippen molar-refractivity contribution in [1.29, 1.82) is 0 Å². The summed E-state index contributed by atoms with van der Waals surface area (Å²) in [5, 5.41) is 0.578. The molecule has 2 rings (SSSR count). The quantitative estimate of drug-likeness (QED) is 0.764. The van der Waals surface area contributed by atoms with Gasteiger partial charge >= 0.3 is 0 Å². The topological polar surface area (TPSA) is 44.1 Å². The number of hydrogen-bond donors (Lipinski definition) is 0. The molecule has 0 radical (unpaired) electrons. The Morgan fingerprint density at radius 1 is 1.50 bits per heavy atom. The Morgan fingerprint density at radius 2 is 2.30 bits per heavy atom. The molecule has 0 aliphatic carbocycles. The van der Waals surface area contributed by atoms with Crippen molar-refractivity contribution < 1.29 is 9.53 Å². The molecule has 1 unspecified atom stereocenters. The first-order valence-electron chi connectivity index (χ1n) is 6.59. The van der Waals surface area contributed by atoms with Crippen LogP contribution >= 0.6 is 11.6 Å². The van der Waals surface area contributed by atoms with Gasteiger partial charge in [-0.1, -0.05) is 24.6 Å². The minimum Gasteiger partial charge on any atom is -0.482 e. The number of imidazole rings is 1. The molecular formula is C15H17ClN2O2. The van der Waals surface area contributed by atoms with Crippen LogP contribution in [-0.4, -0.2) is 21.4 Å². The average Bonchev–Trinajstić information content (AvgIpc) is 2.86. The van der Waals surface area contributed by atoms with Crippen LogP contribution in [0.15, 0.2) is 36.7 Å². The van der Waals surface area contributed by atoms with Crippen molar-refractivity contribution in [1.82, 2.24) is 9.55 Å². The molecule has 1 aromatic heterocycles. The number of carbonyl (C=O) groups excluding carboxylic acids is 1. The predicted octanol–water partition coefficient (Wildman–Crippen LogP) is 3.60. The second-order valence-corrected chi connectivity index (χ2v) is 4.96. The van der Waals surface area contributed by atoms with E-state index in [1.165, 1.54) is 0 Å². The smallest absolute Gasteiger partial charge is 0.238 e. The molecule has 0 saturated carbocycles. The highest BCUT2D eigenvalue weighted by Crippen LogP contribution is 2.19. The van der Waals surface area contributed by atoms with E-state index in [0.29, 0.717) is 16.6 Å². The van der Waals surface area contributed by atoms with E-state index in [9.17, 15) is 4.79 Å². The lowest BCUT2D eigenvalue weighted by molar-refractivity contribution is 0.0802. The van der Waals surface area contributed by atoms with Crippen molar-refractivity contribution in [3.8, 4) is 5.75 Å². The van der Waals surface area contributed by atoms with Gasteiger partial charge in [-0.3, -0.25) is 4.79 Å². The average molecular weight is 293 g/mol. The van der Waals surface area contributed by atoms with Crippen molar-refractivity contribution in [2.45, 2.75) is 32.9 Å². The zero-order chi connectivity index (χ0) is 14.5. The fourth-order valence-electron chi connectivity index (χ4n) is 1.94. The molecule has 0 amide bonds. The second kappa shape index (κ2) is 6.57. The zero-order valence-corrected chi connectivity index (χ0v) is 12.3. The number of nitrogens with zero attached hydrogens (tertiary/aromatic N) is 2. The normalized spacial score (nSPS) is 12.2. The van der Waals surface area contributed by atoms with Crippen LogP contribution < -0.4 is 4.74 Å². The van der Waals surface area contributed by atoms with Gasteiger partial charge in [0.25, 0.3) is 0 Å². The molecule has 20 heavy (non-hydrogen) atoms. The number of Topliss-reactive ketones (excluding diaryl/α,β-unsaturated/α-hetero) is 1. The Labute approximate surface area is 123 Å². The van der Waals surface area contributed by atoms with Crippen LogP contribution in [0.25, 0.3) is 0 Å². The van der Waals surface area contributed by atoms with Gasteiger partial charge in [-0.15, -0.1) is 0 Å². The van der Waals surface area contributed by atoms with E-state index >= 15 is 0 Å². The number of benzene rings is 1. The summed E-state index contributed by atoms with van der Waals surface area (Å²) in [5.41, 5.74) is 0. The molecule has 1 aromatic carbocycles. The highest BCUT2D eigenvalue weighted by Gasteiger charge is 2.21. The van der Waals surface area contributed by atoms with Gasteiger partial charge < -0.3 is 9.30 Å². The second-order valence-electron chi connectivity index (χ2n) is 4.53. The van der Waals surface area contributed by atoms with Crippen LogP contribution in [0, 0.1) is 0 Å². The third kappa shape index (κ3) is 3.39. The molecule has 0 N–H and O–H groups in total. The lowest BCUT2D eigenvalue weighted by Crippen LogP contribution is -2.27. The van der Waals surface area contributed by atoms with E-state index < -0.39 is 6.10 Å². The molecule has 1 atom stereocenters. The number of ketones is 1. The van der Waals surface area contributed by atoms with E-state index in [4.69, 9.17) is 16.3 Å². The lowest BCUT2D eigenvalue weighted by atomic mass is 10.2. The minimum atomic E-state index is -0.605. The largest absolute Gasteiger partial charge is 0.482 e. The van der Waals surface area contributed by atoms with Crippen LogP contribution in [0.5, 0.6) is 5.75 Å². The molecule has 5 heteroatoms. The third-order valence-corrected chi connectivity index (χ3v) is 3.11. The van der Waals surface area contributed by atoms with E-state index in [-0.39, 0.29) is 5.78 Å². The molecule has 0 spiro atoms. The van der Waals surface area contributed by atoms with Crippen LogP contribution in [0.3, 0.4) is 0 Å². The van der Waals surface area contributed by atoms with Crippen molar-refractivity contribution in [2.75, 3.05) is 0 Å². The first-order chi connectivity index (χ1) is 9.61. The van der Waals surface area contributed by atoms with Gasteiger partial charge in [0.2, 0.25) is 5.78 Å². The monoisotopic (exact) mass is 292 g/mol. The molecular weight excluding hydrogens is 276 g/mol. The van der Waals surface area contributed by atoms with E-state index in [1.807, 2.05) is 10.8 Å². The summed E-state index contributed by atoms with van der Waals surface area (Å²) in [5.74, 6) is 0.872. The predicted molar refractivity (Wildman–Crippen MR) is 78.4 cm³/mol. The van der Waals surface area contributed by atoms with Gasteiger partial charge in [0.05, 0.1) is 0 Å². The summed E-state index contributed by atoms with van der Waals surface area (Å²) in [4.78, 5) is 16.5. The third-order valence-electron chi connectivity index (χ3n) is 2.88. The van der Waals surface area contributed by atoms with Gasteiger partial charge in [-0.25, -0.2) is 4.98 Å². The number of aromatic nitrogens is 2. The van der Waals surface area contributed by atoms with Crippen molar-refractivity contribution >= 4 is 17.4 Å². The summed E-state index contributed by atoms with van der Waals surface area (Å²) in [7, 11) is 0. The van der Waals surface area contributed by atoms with Gasteiger partial charge in [0.1, 0.15) is 5.75 Å². The summed E-state index contributed by atoms with van der Waals surface area (Å²) < 4.78 is 7.47. The van der Waals surface area contributed by atoms with E-state index in [1.54, 1.807) is 37.4 Å². The Kier molecular flexibility index (Phi) is 4.79. The Morgan fingerprint density at radius 3 is 3.00 bits per heavy atom. The lowest BCUT2D eigenvalue weighted by Gasteiger charge is -2.14. The van der Waals surface area contributed by atoms with Gasteiger partial charge in [-0.2, -0.15) is 0 Å². The first-order valence-corrected chi connectivity index (χ1v) is 6.97. The molecule has 0 aliphatic heterocycles. The van der Waals surface area contributed by atoms with E-state index in [2.05, 4.69) is 11.9 Å².